The van der Waals surface area contributed by atoms with Crippen molar-refractivity contribution in [2.75, 3.05) is 47.5 Å². The van der Waals surface area contributed by atoms with Gasteiger partial charge in [-0.1, -0.05) is 222 Å². The molecule has 0 aromatic heterocycles. The zero-order valence-corrected chi connectivity index (χ0v) is 46.6. The molecule has 0 heterocycles. The van der Waals surface area contributed by atoms with Gasteiger partial charge >= 0.3 is 17.9 Å². The molecule has 0 saturated heterocycles. The van der Waals surface area contributed by atoms with Gasteiger partial charge in [-0.15, -0.1) is 0 Å². The van der Waals surface area contributed by atoms with Gasteiger partial charge in [0.2, 0.25) is 0 Å². The summed E-state index contributed by atoms with van der Waals surface area (Å²) in [5, 5.41) is 9.70. The molecule has 0 aromatic carbocycles. The van der Waals surface area contributed by atoms with Gasteiger partial charge in [-0.2, -0.15) is 0 Å². The number of allylic oxidation sites excluding steroid dienone is 12. The van der Waals surface area contributed by atoms with Crippen LogP contribution in [0.4, 0.5) is 0 Å². The molecule has 1 N–H and O–H groups in total. The molecule has 2 atom stereocenters. The third-order valence-corrected chi connectivity index (χ3v) is 12.4. The number of nitrogens with zero attached hydrogens (tertiary/aromatic N) is 1. The summed E-state index contributed by atoms with van der Waals surface area (Å²) in [6, 6.07) is 0. The van der Waals surface area contributed by atoms with E-state index in [0.29, 0.717) is 23.9 Å². The lowest BCUT2D eigenvalue weighted by Gasteiger charge is -2.25. The van der Waals surface area contributed by atoms with Crippen molar-refractivity contribution in [3.05, 3.63) is 72.9 Å². The summed E-state index contributed by atoms with van der Waals surface area (Å²) >= 11 is 0. The molecule has 9 heteroatoms. The highest BCUT2D eigenvalue weighted by atomic mass is 16.7. The highest BCUT2D eigenvalue weighted by molar-refractivity contribution is 5.71. The molecule has 0 aromatic rings. The Balaban J connectivity index is 4.26. The highest BCUT2D eigenvalue weighted by Gasteiger charge is 2.25. The topological polar surface area (TPSA) is 108 Å². The molecule has 0 aliphatic heterocycles. The van der Waals surface area contributed by atoms with Gasteiger partial charge in [0, 0.05) is 12.8 Å². The fourth-order valence-corrected chi connectivity index (χ4v) is 7.98. The number of carboxylic acids is 1. The number of unbranched alkanes of at least 4 members (excludes halogenated alkanes) is 26. The molecule has 0 radical (unpaired) electrons. The summed E-state index contributed by atoms with van der Waals surface area (Å²) in [6.45, 7) is 4.76. The van der Waals surface area contributed by atoms with Crippen LogP contribution in [0.15, 0.2) is 72.9 Å². The highest BCUT2D eigenvalue weighted by Crippen LogP contribution is 2.16. The first kappa shape index (κ1) is 67.7. The van der Waals surface area contributed by atoms with Gasteiger partial charge in [0.1, 0.15) is 13.2 Å². The van der Waals surface area contributed by atoms with E-state index in [2.05, 4.69) is 86.8 Å². The van der Waals surface area contributed by atoms with Gasteiger partial charge in [0.15, 0.2) is 6.10 Å². The van der Waals surface area contributed by atoms with Crippen molar-refractivity contribution in [2.45, 2.75) is 257 Å². The van der Waals surface area contributed by atoms with Gasteiger partial charge in [-0.3, -0.25) is 9.59 Å². The fourth-order valence-electron chi connectivity index (χ4n) is 7.98. The lowest BCUT2D eigenvalue weighted by molar-refractivity contribution is -0.870. The van der Waals surface area contributed by atoms with E-state index in [0.717, 1.165) is 70.6 Å². The van der Waals surface area contributed by atoms with Crippen LogP contribution in [0.2, 0.25) is 0 Å². The summed E-state index contributed by atoms with van der Waals surface area (Å²) in [6.07, 6.45) is 65.4. The smallest absolute Gasteiger partial charge is 0.361 e. The van der Waals surface area contributed by atoms with Crippen LogP contribution >= 0.6 is 0 Å². The Labute approximate surface area is 437 Å². The summed E-state index contributed by atoms with van der Waals surface area (Å²) in [5.41, 5.74) is 0. The standard InChI is InChI=1S/C62H109NO8/c1-6-8-10-12-14-16-18-20-22-24-26-28-29-30-31-33-35-37-39-41-43-45-47-49-51-53-60(65)71-58(57-70-62(61(66)67)68-55-54-63(3,4)5)56-69-59(64)52-50-48-46-44-42-40-38-36-34-32-27-25-23-21-19-17-15-13-11-9-7-2/h8,10,14,16,19-22,25-28,58,62H,6-7,9,11-13,15,17-18,23-24,29-57H2,1-5H3/p+1/b10-8-,16-14-,21-19-,22-20-,27-25-,28-26-. The molecule has 410 valence electrons. The Morgan fingerprint density at radius 2 is 0.803 bits per heavy atom. The lowest BCUT2D eigenvalue weighted by atomic mass is 10.0. The second-order valence-corrected chi connectivity index (χ2v) is 20.6. The first-order valence-electron chi connectivity index (χ1n) is 29.1. The van der Waals surface area contributed by atoms with Crippen LogP contribution in [0.25, 0.3) is 0 Å². The first-order valence-corrected chi connectivity index (χ1v) is 29.1. The molecular weight excluding hydrogens is 887 g/mol. The Morgan fingerprint density at radius 3 is 1.20 bits per heavy atom. The average molecular weight is 998 g/mol. The van der Waals surface area contributed by atoms with Crippen molar-refractivity contribution in [1.82, 2.24) is 0 Å². The molecule has 0 fully saturated rings. The van der Waals surface area contributed by atoms with Crippen molar-refractivity contribution in [2.24, 2.45) is 0 Å². The van der Waals surface area contributed by atoms with Crippen LogP contribution in [0.3, 0.4) is 0 Å². The maximum absolute atomic E-state index is 12.9. The van der Waals surface area contributed by atoms with E-state index in [1.54, 1.807) is 0 Å². The van der Waals surface area contributed by atoms with Crippen LogP contribution < -0.4 is 0 Å². The molecule has 0 amide bonds. The molecule has 9 nitrogen and oxygen atoms in total. The number of aliphatic carboxylic acids is 1. The van der Waals surface area contributed by atoms with Crippen molar-refractivity contribution < 1.29 is 42.9 Å². The van der Waals surface area contributed by atoms with E-state index in [-0.39, 0.29) is 32.2 Å². The van der Waals surface area contributed by atoms with Gasteiger partial charge in [0.25, 0.3) is 6.29 Å². The molecule has 71 heavy (non-hydrogen) atoms. The van der Waals surface area contributed by atoms with Gasteiger partial charge in [-0.05, 0) is 83.5 Å². The third kappa shape index (κ3) is 54.3. The van der Waals surface area contributed by atoms with E-state index in [4.69, 9.17) is 18.9 Å². The van der Waals surface area contributed by atoms with Crippen molar-refractivity contribution in [3.63, 3.8) is 0 Å². The van der Waals surface area contributed by atoms with E-state index < -0.39 is 24.3 Å². The Hall–Kier alpha value is -3.27. The van der Waals surface area contributed by atoms with Crippen molar-refractivity contribution in [1.29, 1.82) is 0 Å². The Kier molecular flexibility index (Phi) is 50.6. The Bertz CT molecular complexity index is 1390. The summed E-state index contributed by atoms with van der Waals surface area (Å²) < 4.78 is 22.9. The molecule has 0 rings (SSSR count). The average Bonchev–Trinajstić information content (AvgIpc) is 3.34. The number of quaternary nitrogens is 1. The second kappa shape index (κ2) is 53.0. The third-order valence-electron chi connectivity index (χ3n) is 12.4. The predicted octanol–water partition coefficient (Wildman–Crippen LogP) is 17.0. The van der Waals surface area contributed by atoms with E-state index >= 15 is 0 Å². The number of likely N-dealkylation sites (N-methyl/N-ethyl adjacent to an activating group) is 1. The molecule has 0 bridgehead atoms. The zero-order chi connectivity index (χ0) is 52.0. The molecule has 0 saturated carbocycles. The minimum Gasteiger partial charge on any atom is -0.477 e. The minimum absolute atomic E-state index is 0.184. The fraction of sp³-hybridized carbons (Fsp3) is 0.758. The number of ether oxygens (including phenoxy) is 4. The quantitative estimate of drug-likeness (QED) is 0.0211. The van der Waals surface area contributed by atoms with E-state index in [9.17, 15) is 19.5 Å². The summed E-state index contributed by atoms with van der Waals surface area (Å²) in [5.74, 6) is -2.01. The SMILES string of the molecule is CC/C=C\C/C=C\C/C=C\C/C=C\CCCCCCCCCCCCCCC(=O)OC(COC(=O)CCCCCCCCCCC/C=C\C/C=C\CCCCCCC)COC(OCC[N+](C)(C)C)C(=O)O. The molecule has 0 aliphatic carbocycles. The van der Waals surface area contributed by atoms with Crippen LogP contribution in [-0.4, -0.2) is 87.4 Å². The van der Waals surface area contributed by atoms with E-state index in [1.165, 1.54) is 141 Å². The number of esters is 2. The van der Waals surface area contributed by atoms with E-state index in [1.807, 2.05) is 21.1 Å². The van der Waals surface area contributed by atoms with Crippen LogP contribution in [0.1, 0.15) is 245 Å². The molecule has 2 unspecified atom stereocenters. The minimum atomic E-state index is -1.51. The monoisotopic (exact) mass is 997 g/mol. The number of hydrogen-bond donors (Lipinski definition) is 1. The first-order chi connectivity index (χ1) is 34.6. The largest absolute Gasteiger partial charge is 0.477 e. The van der Waals surface area contributed by atoms with Gasteiger partial charge < -0.3 is 28.5 Å². The second-order valence-electron chi connectivity index (χ2n) is 20.6. The van der Waals surface area contributed by atoms with Gasteiger partial charge in [0.05, 0.1) is 34.4 Å². The van der Waals surface area contributed by atoms with Gasteiger partial charge in [-0.25, -0.2) is 4.79 Å². The van der Waals surface area contributed by atoms with Crippen molar-refractivity contribution >= 4 is 17.9 Å². The molecule has 0 aliphatic rings. The van der Waals surface area contributed by atoms with Crippen LogP contribution in [0, 0.1) is 0 Å². The number of rotatable bonds is 53. The van der Waals surface area contributed by atoms with Crippen LogP contribution in [0.5, 0.6) is 0 Å². The number of carboxylic acid groups (broad SMARTS) is 1. The molecular formula is C62H110NO8+. The van der Waals surface area contributed by atoms with Crippen molar-refractivity contribution in [3.8, 4) is 0 Å². The Morgan fingerprint density at radius 1 is 0.437 bits per heavy atom. The number of carbonyl (C=O) groups is 3. The predicted molar refractivity (Wildman–Crippen MR) is 299 cm³/mol. The lowest BCUT2D eigenvalue weighted by Crippen LogP contribution is -2.40. The normalized spacial score (nSPS) is 13.3. The maximum atomic E-state index is 12.9. The summed E-state index contributed by atoms with van der Waals surface area (Å²) in [7, 11) is 5.97. The molecule has 0 spiro atoms. The van der Waals surface area contributed by atoms with Crippen LogP contribution in [-0.2, 0) is 33.3 Å². The summed E-state index contributed by atoms with van der Waals surface area (Å²) in [4.78, 5) is 37.4. The number of carbonyl (C=O) groups excluding carboxylic acids is 2. The number of hydrogen-bond acceptors (Lipinski definition) is 7. The maximum Gasteiger partial charge on any atom is 0.361 e. The zero-order valence-electron chi connectivity index (χ0n) is 46.6.